The lowest BCUT2D eigenvalue weighted by atomic mass is 9.73. The van der Waals surface area contributed by atoms with Crippen molar-refractivity contribution in [3.05, 3.63) is 47.5 Å². The Kier molecular flexibility index (Phi) is 7.52. The minimum Gasteiger partial charge on any atom is -0.478 e. The number of hydrogen-bond acceptors (Lipinski definition) is 4. The van der Waals surface area contributed by atoms with E-state index >= 15 is 0 Å². The molecule has 0 aliphatic carbocycles. The molecule has 0 spiro atoms. The number of rotatable bonds is 5. The number of carbonyl (C=O) groups is 3. The highest BCUT2D eigenvalue weighted by molar-refractivity contribution is 5.89. The monoisotopic (exact) mass is 387 g/mol. The van der Waals surface area contributed by atoms with Gasteiger partial charge in [-0.1, -0.05) is 36.8 Å². The van der Waals surface area contributed by atoms with Crippen LogP contribution in [0.4, 0.5) is 0 Å². The number of benzene rings is 1. The standard InChI is InChI=1S/C18H25NO.C4H4O4/c1-4-17(20)18-15(13-7-5-12(2)6-8-13)11-14-9-10-16(18)19(14)3;5-3(6)1-2-4(7)8/h5-8,14-16,18H,4,9-11H2,1-3H3;1-2H,(H,5,6)(H,7,8)/b;2-1+/t14-,15-,16+,18+;/m1./s1. The zero-order valence-corrected chi connectivity index (χ0v) is 16.7. The Morgan fingerprint density at radius 3 is 2.14 bits per heavy atom. The van der Waals surface area contributed by atoms with Crippen LogP contribution in [0.2, 0.25) is 0 Å². The number of aryl methyl sites for hydroxylation is 1. The lowest BCUT2D eigenvalue weighted by Crippen LogP contribution is -2.48. The molecule has 0 amide bonds. The fourth-order valence-corrected chi connectivity index (χ4v) is 4.44. The van der Waals surface area contributed by atoms with Crippen LogP contribution in [0.25, 0.3) is 0 Å². The third-order valence-electron chi connectivity index (χ3n) is 5.86. The molecule has 2 N–H and O–H groups in total. The van der Waals surface area contributed by atoms with Crippen molar-refractivity contribution in [2.75, 3.05) is 7.05 Å². The van der Waals surface area contributed by atoms with Gasteiger partial charge < -0.3 is 10.2 Å². The molecule has 1 aromatic carbocycles. The van der Waals surface area contributed by atoms with Gasteiger partial charge in [0.2, 0.25) is 0 Å². The minimum absolute atomic E-state index is 0.200. The summed E-state index contributed by atoms with van der Waals surface area (Å²) in [5.74, 6) is -1.43. The van der Waals surface area contributed by atoms with Gasteiger partial charge in [-0.3, -0.25) is 9.69 Å². The maximum atomic E-state index is 12.5. The first-order chi connectivity index (χ1) is 13.2. The van der Waals surface area contributed by atoms with Crippen molar-refractivity contribution in [2.24, 2.45) is 5.92 Å². The van der Waals surface area contributed by atoms with E-state index in [9.17, 15) is 14.4 Å². The van der Waals surface area contributed by atoms with Crippen LogP contribution in [0.3, 0.4) is 0 Å². The molecule has 0 unspecified atom stereocenters. The number of Topliss-reactive ketones (excluding diaryl/α,β-unsaturated/α-hetero) is 1. The molecule has 28 heavy (non-hydrogen) atoms. The zero-order valence-electron chi connectivity index (χ0n) is 16.7. The van der Waals surface area contributed by atoms with Gasteiger partial charge in [-0.2, -0.15) is 0 Å². The summed E-state index contributed by atoms with van der Waals surface area (Å²) >= 11 is 0. The lowest BCUT2D eigenvalue weighted by Gasteiger charge is -2.42. The molecule has 3 rings (SSSR count). The van der Waals surface area contributed by atoms with Crippen LogP contribution in [0, 0.1) is 12.8 Å². The van der Waals surface area contributed by atoms with E-state index in [0.717, 1.165) is 6.42 Å². The molecule has 0 saturated carbocycles. The van der Waals surface area contributed by atoms with Crippen LogP contribution in [0.1, 0.15) is 49.7 Å². The van der Waals surface area contributed by atoms with Crippen LogP contribution < -0.4 is 0 Å². The second kappa shape index (κ2) is 9.64. The van der Waals surface area contributed by atoms with E-state index in [2.05, 4.69) is 43.1 Å². The third-order valence-corrected chi connectivity index (χ3v) is 5.86. The Morgan fingerprint density at radius 2 is 1.64 bits per heavy atom. The smallest absolute Gasteiger partial charge is 0.328 e. The summed E-state index contributed by atoms with van der Waals surface area (Å²) in [7, 11) is 2.21. The normalized spacial score (nSPS) is 26.5. The van der Waals surface area contributed by atoms with Crippen molar-refractivity contribution in [2.45, 2.75) is 57.5 Å². The molecular formula is C22H29NO5. The van der Waals surface area contributed by atoms with Crippen LogP contribution in [0.5, 0.6) is 0 Å². The molecule has 2 saturated heterocycles. The predicted octanol–water partition coefficient (Wildman–Crippen LogP) is 3.25. The van der Waals surface area contributed by atoms with Crippen LogP contribution in [-0.2, 0) is 14.4 Å². The fourth-order valence-electron chi connectivity index (χ4n) is 4.44. The van der Waals surface area contributed by atoms with E-state index in [1.54, 1.807) is 0 Å². The molecule has 2 heterocycles. The van der Waals surface area contributed by atoms with E-state index < -0.39 is 11.9 Å². The Hall–Kier alpha value is -2.47. The van der Waals surface area contributed by atoms with Gasteiger partial charge >= 0.3 is 11.9 Å². The van der Waals surface area contributed by atoms with Gasteiger partial charge in [0.25, 0.3) is 0 Å². The first-order valence-electron chi connectivity index (χ1n) is 9.69. The molecule has 1 aromatic rings. The molecule has 2 aliphatic rings. The van der Waals surface area contributed by atoms with Crippen LogP contribution in [0.15, 0.2) is 36.4 Å². The van der Waals surface area contributed by atoms with Crippen molar-refractivity contribution in [1.82, 2.24) is 4.90 Å². The number of piperidine rings is 1. The van der Waals surface area contributed by atoms with Gasteiger partial charge in [0.1, 0.15) is 5.78 Å². The maximum absolute atomic E-state index is 12.5. The van der Waals surface area contributed by atoms with Crippen molar-refractivity contribution in [1.29, 1.82) is 0 Å². The summed E-state index contributed by atoms with van der Waals surface area (Å²) in [6.45, 7) is 4.13. The molecule has 6 nitrogen and oxygen atoms in total. The number of hydrogen-bond donors (Lipinski definition) is 2. The Balaban J connectivity index is 0.000000300. The molecule has 6 heteroatoms. The average Bonchev–Trinajstić information content (AvgIpc) is 2.89. The maximum Gasteiger partial charge on any atom is 0.328 e. The highest BCUT2D eigenvalue weighted by Gasteiger charge is 2.48. The molecule has 152 valence electrons. The number of aliphatic carboxylic acids is 2. The first-order valence-corrected chi connectivity index (χ1v) is 9.69. The highest BCUT2D eigenvalue weighted by Crippen LogP contribution is 2.46. The van der Waals surface area contributed by atoms with E-state index in [1.165, 1.54) is 24.0 Å². The number of ketones is 1. The minimum atomic E-state index is -1.26. The van der Waals surface area contributed by atoms with Gasteiger partial charge in [0, 0.05) is 36.6 Å². The summed E-state index contributed by atoms with van der Waals surface area (Å²) in [5, 5.41) is 15.6. The summed E-state index contributed by atoms with van der Waals surface area (Å²) in [5.41, 5.74) is 2.66. The first kappa shape index (κ1) is 21.8. The number of carbonyl (C=O) groups excluding carboxylic acids is 1. The number of nitrogens with zero attached hydrogens (tertiary/aromatic N) is 1. The Morgan fingerprint density at radius 1 is 1.07 bits per heavy atom. The van der Waals surface area contributed by atoms with Gasteiger partial charge in [0.05, 0.1) is 0 Å². The quantitative estimate of drug-likeness (QED) is 0.753. The van der Waals surface area contributed by atoms with Crippen LogP contribution >= 0.6 is 0 Å². The molecule has 0 radical (unpaired) electrons. The van der Waals surface area contributed by atoms with E-state index in [4.69, 9.17) is 10.2 Å². The van der Waals surface area contributed by atoms with Crippen molar-refractivity contribution in [3.8, 4) is 0 Å². The molecule has 4 atom stereocenters. The third kappa shape index (κ3) is 5.29. The predicted molar refractivity (Wildman–Crippen MR) is 106 cm³/mol. The number of carboxylic acid groups (broad SMARTS) is 2. The SMILES string of the molecule is CCC(=O)[C@H]1[C@@H](c2ccc(C)cc2)C[C@H]2CC[C@@H]1N2C.O=C(O)/C=C/C(=O)O. The zero-order chi connectivity index (χ0) is 20.8. The van der Waals surface area contributed by atoms with Gasteiger partial charge in [0.15, 0.2) is 0 Å². The molecular weight excluding hydrogens is 358 g/mol. The second-order valence-corrected chi connectivity index (χ2v) is 7.57. The summed E-state index contributed by atoms with van der Waals surface area (Å²) in [6, 6.07) is 9.98. The highest BCUT2D eigenvalue weighted by atomic mass is 16.4. The largest absolute Gasteiger partial charge is 0.478 e. The summed E-state index contributed by atoms with van der Waals surface area (Å²) in [4.78, 5) is 34.1. The van der Waals surface area contributed by atoms with Gasteiger partial charge in [-0.05, 0) is 44.7 Å². The van der Waals surface area contributed by atoms with Crippen molar-refractivity contribution >= 4 is 17.7 Å². The van der Waals surface area contributed by atoms with Crippen molar-refractivity contribution < 1.29 is 24.6 Å². The molecule has 0 aromatic heterocycles. The van der Waals surface area contributed by atoms with Crippen molar-refractivity contribution in [3.63, 3.8) is 0 Å². The van der Waals surface area contributed by atoms with Crippen LogP contribution in [-0.4, -0.2) is 52.0 Å². The fraction of sp³-hybridized carbons (Fsp3) is 0.500. The summed E-state index contributed by atoms with van der Waals surface area (Å²) in [6.07, 6.45) is 5.39. The van der Waals surface area contributed by atoms with E-state index in [1.807, 2.05) is 6.92 Å². The Bertz CT molecular complexity index is 724. The van der Waals surface area contributed by atoms with E-state index in [0.29, 0.717) is 42.4 Å². The summed E-state index contributed by atoms with van der Waals surface area (Å²) < 4.78 is 0. The van der Waals surface area contributed by atoms with E-state index in [-0.39, 0.29) is 5.92 Å². The molecule has 2 fully saturated rings. The molecule has 2 aliphatic heterocycles. The Labute approximate surface area is 165 Å². The molecule has 2 bridgehead atoms. The lowest BCUT2D eigenvalue weighted by molar-refractivity contribution is -0.134. The van der Waals surface area contributed by atoms with Gasteiger partial charge in [-0.15, -0.1) is 0 Å². The second-order valence-electron chi connectivity index (χ2n) is 7.57. The average molecular weight is 387 g/mol. The number of fused-ring (bicyclic) bond motifs is 2. The number of carboxylic acids is 2. The van der Waals surface area contributed by atoms with Gasteiger partial charge in [-0.25, -0.2) is 9.59 Å². The topological polar surface area (TPSA) is 94.9 Å².